The van der Waals surface area contributed by atoms with Crippen LogP contribution in [0.2, 0.25) is 0 Å². The van der Waals surface area contributed by atoms with Gasteiger partial charge in [-0.2, -0.15) is 0 Å². The largest absolute Gasteiger partial charge is 0.469 e. The molecule has 0 N–H and O–H groups in total. The van der Waals surface area contributed by atoms with E-state index in [-0.39, 0.29) is 29.0 Å². The van der Waals surface area contributed by atoms with Crippen LogP contribution in [0.5, 0.6) is 0 Å². The highest BCUT2D eigenvalue weighted by atomic mass is 19.1. The van der Waals surface area contributed by atoms with Crippen molar-refractivity contribution in [2.45, 2.75) is 27.7 Å². The van der Waals surface area contributed by atoms with Crippen molar-refractivity contribution in [3.8, 4) is 0 Å². The summed E-state index contributed by atoms with van der Waals surface area (Å²) in [5.41, 5.74) is 0.350. The minimum Gasteiger partial charge on any atom is -0.469 e. The molecule has 0 radical (unpaired) electrons. The van der Waals surface area contributed by atoms with E-state index in [0.29, 0.717) is 5.57 Å². The van der Waals surface area contributed by atoms with Crippen molar-refractivity contribution < 1.29 is 13.9 Å². The maximum absolute atomic E-state index is 13.6. The molecule has 0 spiro atoms. The number of hydrogen-bond donors (Lipinski definition) is 0. The fourth-order valence-electron chi connectivity index (χ4n) is 1.99. The van der Waals surface area contributed by atoms with Crippen molar-refractivity contribution >= 4 is 5.97 Å². The molecule has 1 aliphatic carbocycles. The predicted octanol–water partition coefficient (Wildman–Crippen LogP) is 2.70. The normalized spacial score (nSPS) is 28.1. The van der Waals surface area contributed by atoms with Crippen molar-refractivity contribution in [3.63, 3.8) is 0 Å². The molecule has 0 aromatic heterocycles. The summed E-state index contributed by atoms with van der Waals surface area (Å²) in [5.74, 6) is -1.08. The van der Waals surface area contributed by atoms with Gasteiger partial charge in [-0.25, -0.2) is 4.39 Å². The highest BCUT2D eigenvalue weighted by molar-refractivity contribution is 5.78. The second-order valence-corrected chi connectivity index (χ2v) is 4.65. The van der Waals surface area contributed by atoms with Gasteiger partial charge in [0.2, 0.25) is 0 Å². The van der Waals surface area contributed by atoms with Crippen LogP contribution in [0.4, 0.5) is 4.39 Å². The molecule has 2 nitrogen and oxygen atoms in total. The van der Waals surface area contributed by atoms with Crippen molar-refractivity contribution in [1.82, 2.24) is 0 Å². The number of esters is 1. The zero-order chi connectivity index (χ0) is 11.1. The summed E-state index contributed by atoms with van der Waals surface area (Å²) in [6.07, 6.45) is 0. The Morgan fingerprint density at radius 3 is 2.14 bits per heavy atom. The molecule has 80 valence electrons. The van der Waals surface area contributed by atoms with Crippen molar-refractivity contribution in [2.75, 3.05) is 7.11 Å². The van der Waals surface area contributed by atoms with Crippen LogP contribution in [0.15, 0.2) is 11.4 Å². The molecular formula is C11H17FO2. The van der Waals surface area contributed by atoms with Gasteiger partial charge in [-0.3, -0.25) is 4.79 Å². The summed E-state index contributed by atoms with van der Waals surface area (Å²) in [5, 5.41) is 0. The Hall–Kier alpha value is -0.860. The summed E-state index contributed by atoms with van der Waals surface area (Å²) in [7, 11) is 1.34. The third-order valence-electron chi connectivity index (χ3n) is 3.03. The molecule has 0 unspecified atom stereocenters. The van der Waals surface area contributed by atoms with Crippen molar-refractivity contribution in [2.24, 2.45) is 17.3 Å². The first-order valence-corrected chi connectivity index (χ1v) is 4.74. The smallest absolute Gasteiger partial charge is 0.309 e. The van der Waals surface area contributed by atoms with Gasteiger partial charge in [0.15, 0.2) is 0 Å². The Kier molecular flexibility index (Phi) is 2.70. The van der Waals surface area contributed by atoms with Crippen LogP contribution in [-0.4, -0.2) is 13.1 Å². The highest BCUT2D eigenvalue weighted by Gasteiger charge is 2.64. The highest BCUT2D eigenvalue weighted by Crippen LogP contribution is 2.62. The number of carbonyl (C=O) groups excluding carboxylic acids is 1. The molecular weight excluding hydrogens is 183 g/mol. The summed E-state index contributed by atoms with van der Waals surface area (Å²) < 4.78 is 18.3. The van der Waals surface area contributed by atoms with E-state index < -0.39 is 0 Å². The quantitative estimate of drug-likeness (QED) is 0.640. The molecule has 0 saturated heterocycles. The van der Waals surface area contributed by atoms with Crippen LogP contribution in [0.25, 0.3) is 0 Å². The molecule has 0 aromatic carbocycles. The van der Waals surface area contributed by atoms with E-state index in [9.17, 15) is 9.18 Å². The second-order valence-electron chi connectivity index (χ2n) is 4.65. The lowest BCUT2D eigenvalue weighted by atomic mass is 10.1. The van der Waals surface area contributed by atoms with Gasteiger partial charge in [-0.1, -0.05) is 13.8 Å². The van der Waals surface area contributed by atoms with Gasteiger partial charge in [0, 0.05) is 5.92 Å². The Morgan fingerprint density at radius 1 is 1.29 bits per heavy atom. The molecule has 1 aliphatic rings. The fourth-order valence-corrected chi connectivity index (χ4v) is 1.99. The summed E-state index contributed by atoms with van der Waals surface area (Å²) in [6, 6.07) is 0. The molecule has 1 saturated carbocycles. The van der Waals surface area contributed by atoms with E-state index in [0.717, 1.165) is 0 Å². The van der Waals surface area contributed by atoms with Crippen LogP contribution in [-0.2, 0) is 9.53 Å². The third kappa shape index (κ3) is 1.56. The molecule has 1 fully saturated rings. The predicted molar refractivity (Wildman–Crippen MR) is 52.3 cm³/mol. The first kappa shape index (κ1) is 11.2. The minimum atomic E-state index is -0.317. The molecule has 3 heteroatoms. The van der Waals surface area contributed by atoms with E-state index in [4.69, 9.17) is 0 Å². The van der Waals surface area contributed by atoms with Gasteiger partial charge in [-0.05, 0) is 24.8 Å². The maximum Gasteiger partial charge on any atom is 0.309 e. The monoisotopic (exact) mass is 200 g/mol. The lowest BCUT2D eigenvalue weighted by molar-refractivity contribution is -0.143. The Morgan fingerprint density at radius 2 is 1.79 bits per heavy atom. The zero-order valence-electron chi connectivity index (χ0n) is 9.35. The molecule has 2 atom stereocenters. The van der Waals surface area contributed by atoms with Gasteiger partial charge < -0.3 is 4.74 Å². The summed E-state index contributed by atoms with van der Waals surface area (Å²) >= 11 is 0. The number of hydrogen-bond acceptors (Lipinski definition) is 2. The standard InChI is InChI=1S/C11H17FO2/c1-6(2)9(12)7-8(10(13)14-5)11(7,3)4/h7-8H,1-5H3/t7-,8-/m0/s1. The first-order valence-electron chi connectivity index (χ1n) is 4.74. The Labute approximate surface area is 84.1 Å². The van der Waals surface area contributed by atoms with Gasteiger partial charge >= 0.3 is 5.97 Å². The molecule has 14 heavy (non-hydrogen) atoms. The Balaban J connectivity index is 2.87. The molecule has 0 bridgehead atoms. The third-order valence-corrected chi connectivity index (χ3v) is 3.03. The average Bonchev–Trinajstić information content (AvgIpc) is 2.66. The van der Waals surface area contributed by atoms with Crippen LogP contribution in [0, 0.1) is 17.3 Å². The van der Waals surface area contributed by atoms with E-state index in [1.165, 1.54) is 7.11 Å². The second kappa shape index (κ2) is 3.37. The molecule has 0 aromatic rings. The molecule has 0 heterocycles. The summed E-state index contributed by atoms with van der Waals surface area (Å²) in [4.78, 5) is 11.3. The summed E-state index contributed by atoms with van der Waals surface area (Å²) in [6.45, 7) is 7.22. The molecule has 0 amide bonds. The number of rotatable bonds is 2. The number of methoxy groups -OCH3 is 1. The van der Waals surface area contributed by atoms with Gasteiger partial charge in [0.25, 0.3) is 0 Å². The SMILES string of the molecule is COC(=O)[C@@H]1[C@@H](C(F)=C(C)C)C1(C)C. The lowest BCUT2D eigenvalue weighted by Crippen LogP contribution is -2.07. The molecule has 0 aliphatic heterocycles. The van der Waals surface area contributed by atoms with Crippen molar-refractivity contribution in [3.05, 3.63) is 11.4 Å². The van der Waals surface area contributed by atoms with Gasteiger partial charge in [-0.15, -0.1) is 0 Å². The van der Waals surface area contributed by atoms with Crippen molar-refractivity contribution in [1.29, 1.82) is 0 Å². The van der Waals surface area contributed by atoms with Crippen LogP contribution < -0.4 is 0 Å². The fraction of sp³-hybridized carbons (Fsp3) is 0.727. The van der Waals surface area contributed by atoms with E-state index in [1.54, 1.807) is 13.8 Å². The Bertz CT molecular complexity index is 288. The number of halogens is 1. The van der Waals surface area contributed by atoms with E-state index in [1.807, 2.05) is 13.8 Å². The minimum absolute atomic E-state index is 0.162. The molecule has 1 rings (SSSR count). The number of allylic oxidation sites excluding steroid dienone is 2. The first-order chi connectivity index (χ1) is 6.34. The topological polar surface area (TPSA) is 26.3 Å². The van der Waals surface area contributed by atoms with Crippen LogP contribution in [0.3, 0.4) is 0 Å². The zero-order valence-corrected chi connectivity index (χ0v) is 9.35. The van der Waals surface area contributed by atoms with Crippen LogP contribution >= 0.6 is 0 Å². The van der Waals surface area contributed by atoms with E-state index in [2.05, 4.69) is 4.74 Å². The number of carbonyl (C=O) groups is 1. The average molecular weight is 200 g/mol. The number of ether oxygens (including phenoxy) is 1. The van der Waals surface area contributed by atoms with Gasteiger partial charge in [0.1, 0.15) is 5.83 Å². The van der Waals surface area contributed by atoms with E-state index >= 15 is 0 Å². The maximum atomic E-state index is 13.6. The van der Waals surface area contributed by atoms with Gasteiger partial charge in [0.05, 0.1) is 13.0 Å². The van der Waals surface area contributed by atoms with Crippen LogP contribution in [0.1, 0.15) is 27.7 Å². The lowest BCUT2D eigenvalue weighted by Gasteiger charge is -2.00.